The lowest BCUT2D eigenvalue weighted by Crippen LogP contribution is -2.18. The molecule has 0 unspecified atom stereocenters. The van der Waals surface area contributed by atoms with Crippen molar-refractivity contribution in [3.8, 4) is 0 Å². The molecule has 0 bridgehead atoms. The Labute approximate surface area is 105 Å². The van der Waals surface area contributed by atoms with E-state index in [0.717, 1.165) is 0 Å². The van der Waals surface area contributed by atoms with Crippen LogP contribution >= 0.6 is 0 Å². The minimum Gasteiger partial charge on any atom is -0.320 e. The maximum absolute atomic E-state index is 4.21. The van der Waals surface area contributed by atoms with Crippen molar-refractivity contribution in [1.82, 2.24) is 0 Å². The predicted molar refractivity (Wildman–Crippen MR) is 78.6 cm³/mol. The number of rotatable bonds is 4. The SMILES string of the molecule is C=C([SiH2]C)N(c1ccccc1)c1ccccc1. The first-order valence-electron chi connectivity index (χ1n) is 5.91. The van der Waals surface area contributed by atoms with Crippen LogP contribution in [0.1, 0.15) is 0 Å². The summed E-state index contributed by atoms with van der Waals surface area (Å²) in [4.78, 5) is 2.26. The van der Waals surface area contributed by atoms with E-state index in [9.17, 15) is 0 Å². The summed E-state index contributed by atoms with van der Waals surface area (Å²) in [6.45, 7) is 6.48. The first kappa shape index (κ1) is 11.7. The summed E-state index contributed by atoms with van der Waals surface area (Å²) >= 11 is 0. The molecule has 0 atom stereocenters. The van der Waals surface area contributed by atoms with Gasteiger partial charge in [-0.15, -0.1) is 0 Å². The Bertz CT molecular complexity index is 439. The molecule has 0 aromatic heterocycles. The van der Waals surface area contributed by atoms with Crippen molar-refractivity contribution in [2.24, 2.45) is 0 Å². The molecule has 86 valence electrons. The van der Waals surface area contributed by atoms with Gasteiger partial charge >= 0.3 is 0 Å². The highest BCUT2D eigenvalue weighted by Crippen LogP contribution is 2.27. The van der Waals surface area contributed by atoms with Gasteiger partial charge in [0.05, 0.1) is 9.52 Å². The maximum Gasteiger partial charge on any atom is 0.0724 e. The summed E-state index contributed by atoms with van der Waals surface area (Å²) in [6, 6.07) is 20.9. The fourth-order valence-electron chi connectivity index (χ4n) is 1.83. The molecule has 0 aliphatic heterocycles. The molecule has 0 heterocycles. The van der Waals surface area contributed by atoms with Gasteiger partial charge < -0.3 is 4.90 Å². The topological polar surface area (TPSA) is 3.24 Å². The first-order valence-corrected chi connectivity index (χ1v) is 8.03. The van der Waals surface area contributed by atoms with Crippen molar-refractivity contribution in [2.45, 2.75) is 6.55 Å². The molecule has 1 nitrogen and oxygen atoms in total. The standard InChI is InChI=1S/C15H17NSi/c1-13(17-2)16(14-9-5-3-6-10-14)15-11-7-4-8-12-15/h3-12H,1,17H2,2H3. The van der Waals surface area contributed by atoms with Gasteiger partial charge in [0.15, 0.2) is 0 Å². The predicted octanol–water partition coefficient (Wildman–Crippen LogP) is 3.51. The zero-order chi connectivity index (χ0) is 12.1. The Balaban J connectivity index is 2.43. The quantitative estimate of drug-likeness (QED) is 0.738. The zero-order valence-corrected chi connectivity index (χ0v) is 11.5. The fraction of sp³-hybridized carbons (Fsp3) is 0.0667. The van der Waals surface area contributed by atoms with Crippen LogP contribution in [0.4, 0.5) is 11.4 Å². The summed E-state index contributed by atoms with van der Waals surface area (Å²) in [5, 5.41) is 1.24. The van der Waals surface area contributed by atoms with Crippen LogP contribution in [0.5, 0.6) is 0 Å². The number of anilines is 2. The van der Waals surface area contributed by atoms with E-state index >= 15 is 0 Å². The van der Waals surface area contributed by atoms with Gasteiger partial charge in [0.25, 0.3) is 0 Å². The zero-order valence-electron chi connectivity index (χ0n) is 10.1. The van der Waals surface area contributed by atoms with Crippen LogP contribution in [0.2, 0.25) is 6.55 Å². The summed E-state index contributed by atoms with van der Waals surface area (Å²) in [7, 11) is -0.265. The van der Waals surface area contributed by atoms with Crippen LogP contribution in [-0.2, 0) is 0 Å². The second kappa shape index (κ2) is 5.50. The molecule has 0 saturated carbocycles. The average molecular weight is 239 g/mol. The monoisotopic (exact) mass is 239 g/mol. The Hall–Kier alpha value is -1.80. The number of hydrogen-bond donors (Lipinski definition) is 0. The van der Waals surface area contributed by atoms with Crippen LogP contribution < -0.4 is 4.90 Å². The average Bonchev–Trinajstić information content (AvgIpc) is 2.41. The molecule has 2 rings (SSSR count). The number of benzene rings is 2. The Morgan fingerprint density at radius 3 is 1.65 bits per heavy atom. The lowest BCUT2D eigenvalue weighted by molar-refractivity contribution is 1.26. The summed E-state index contributed by atoms with van der Waals surface area (Å²) < 4.78 is 0. The van der Waals surface area contributed by atoms with E-state index in [1.807, 2.05) is 12.1 Å². The third-order valence-electron chi connectivity index (χ3n) is 2.75. The van der Waals surface area contributed by atoms with Crippen LogP contribution in [0.15, 0.2) is 72.6 Å². The molecule has 17 heavy (non-hydrogen) atoms. The lowest BCUT2D eigenvalue weighted by Gasteiger charge is -2.26. The minimum atomic E-state index is -0.265. The number of hydrogen-bond acceptors (Lipinski definition) is 1. The van der Waals surface area contributed by atoms with Gasteiger partial charge in [0.1, 0.15) is 0 Å². The lowest BCUT2D eigenvalue weighted by atomic mass is 10.2. The molecule has 0 N–H and O–H groups in total. The maximum atomic E-state index is 4.21. The van der Waals surface area contributed by atoms with Crippen molar-refractivity contribution in [1.29, 1.82) is 0 Å². The van der Waals surface area contributed by atoms with Crippen LogP contribution in [0, 0.1) is 0 Å². The van der Waals surface area contributed by atoms with Gasteiger partial charge in [-0.05, 0) is 29.6 Å². The van der Waals surface area contributed by atoms with Crippen molar-refractivity contribution >= 4 is 20.9 Å². The summed E-state index contributed by atoms with van der Waals surface area (Å²) in [5.74, 6) is 0. The Morgan fingerprint density at radius 2 is 1.29 bits per heavy atom. The molecule has 0 radical (unpaired) electrons. The van der Waals surface area contributed by atoms with E-state index in [4.69, 9.17) is 0 Å². The Kier molecular flexibility index (Phi) is 3.78. The van der Waals surface area contributed by atoms with Crippen molar-refractivity contribution in [2.75, 3.05) is 4.90 Å². The van der Waals surface area contributed by atoms with Gasteiger partial charge in [-0.1, -0.05) is 49.5 Å². The third kappa shape index (κ3) is 2.66. The van der Waals surface area contributed by atoms with Gasteiger partial charge in [0, 0.05) is 11.4 Å². The molecule has 2 aromatic rings. The number of para-hydroxylation sites is 2. The molecule has 0 amide bonds. The van der Waals surface area contributed by atoms with Crippen molar-refractivity contribution < 1.29 is 0 Å². The Morgan fingerprint density at radius 1 is 0.882 bits per heavy atom. The molecule has 0 aliphatic carbocycles. The van der Waals surface area contributed by atoms with Gasteiger partial charge in [0.2, 0.25) is 0 Å². The third-order valence-corrected chi connectivity index (χ3v) is 3.89. The summed E-state index contributed by atoms with van der Waals surface area (Å²) in [5.41, 5.74) is 2.39. The molecule has 0 saturated heterocycles. The number of nitrogens with zero attached hydrogens (tertiary/aromatic N) is 1. The molecule has 0 aliphatic rings. The van der Waals surface area contributed by atoms with E-state index in [1.165, 1.54) is 16.7 Å². The fourth-order valence-corrected chi connectivity index (χ4v) is 2.51. The van der Waals surface area contributed by atoms with Crippen LogP contribution in [0.25, 0.3) is 0 Å². The van der Waals surface area contributed by atoms with E-state index in [1.54, 1.807) is 0 Å². The minimum absolute atomic E-state index is 0.265. The van der Waals surface area contributed by atoms with E-state index in [0.29, 0.717) is 0 Å². The van der Waals surface area contributed by atoms with Gasteiger partial charge in [-0.3, -0.25) is 0 Å². The first-order chi connectivity index (χ1) is 8.33. The van der Waals surface area contributed by atoms with E-state index in [-0.39, 0.29) is 9.52 Å². The molecule has 2 aromatic carbocycles. The highest BCUT2D eigenvalue weighted by atomic mass is 28.2. The van der Waals surface area contributed by atoms with Crippen LogP contribution in [-0.4, -0.2) is 9.52 Å². The van der Waals surface area contributed by atoms with E-state index in [2.05, 4.69) is 66.6 Å². The normalized spacial score (nSPS) is 10.6. The highest BCUT2D eigenvalue weighted by Gasteiger charge is 2.10. The van der Waals surface area contributed by atoms with E-state index < -0.39 is 0 Å². The molecule has 0 spiro atoms. The molecular formula is C15H17NSi. The van der Waals surface area contributed by atoms with Crippen molar-refractivity contribution in [3.63, 3.8) is 0 Å². The molecule has 2 heteroatoms. The second-order valence-electron chi connectivity index (χ2n) is 3.93. The highest BCUT2D eigenvalue weighted by molar-refractivity contribution is 6.44. The molecular weight excluding hydrogens is 222 g/mol. The van der Waals surface area contributed by atoms with Gasteiger partial charge in [-0.2, -0.15) is 0 Å². The largest absolute Gasteiger partial charge is 0.320 e. The summed E-state index contributed by atoms with van der Waals surface area (Å²) in [6.07, 6.45) is 0. The smallest absolute Gasteiger partial charge is 0.0724 e. The van der Waals surface area contributed by atoms with Gasteiger partial charge in [-0.25, -0.2) is 0 Å². The van der Waals surface area contributed by atoms with Crippen LogP contribution in [0.3, 0.4) is 0 Å². The molecule has 0 fully saturated rings. The second-order valence-corrected chi connectivity index (χ2v) is 5.45. The van der Waals surface area contributed by atoms with Crippen molar-refractivity contribution in [3.05, 3.63) is 72.6 Å².